The number of nitrogens with zero attached hydrogens (tertiary/aromatic N) is 1. The van der Waals surface area contributed by atoms with Crippen LogP contribution >= 0.6 is 0 Å². The Balaban J connectivity index is 1.22. The molecule has 1 aromatic heterocycles. The molecule has 11 aromatic rings. The summed E-state index contributed by atoms with van der Waals surface area (Å²) in [5.41, 5.74) is 14.2. The van der Waals surface area contributed by atoms with E-state index in [0.29, 0.717) is 0 Å². The molecule has 0 aliphatic rings. The van der Waals surface area contributed by atoms with Crippen LogP contribution in [0.15, 0.2) is 229 Å². The van der Waals surface area contributed by atoms with Crippen LogP contribution in [0.1, 0.15) is 0 Å². The topological polar surface area (TPSA) is 16.4 Å². The maximum atomic E-state index is 6.60. The summed E-state index contributed by atoms with van der Waals surface area (Å²) in [7, 11) is 0. The summed E-state index contributed by atoms with van der Waals surface area (Å²) < 4.78 is 6.60. The standard InChI is InChI=1S/C56H37NO/c1-3-16-38(17-4-1)40-30-32-44(33-31-40)57(51-28-13-11-26-48(51)50-37-42-20-7-8-23-45(42)46-24-9-10-25-47(46)50)52-34-35-54-56(49-27-12-14-29-53(49)58-54)55(52)43-22-15-21-41(36-43)39-18-5-2-6-19-39/h1-37H. The van der Waals surface area contributed by atoms with Crippen molar-refractivity contribution in [2.24, 2.45) is 0 Å². The van der Waals surface area contributed by atoms with Gasteiger partial charge in [0, 0.05) is 27.6 Å². The minimum atomic E-state index is 0.859. The van der Waals surface area contributed by atoms with Crippen LogP contribution in [-0.4, -0.2) is 0 Å². The average molecular weight is 740 g/mol. The maximum Gasteiger partial charge on any atom is 0.136 e. The molecule has 272 valence electrons. The Hall–Kier alpha value is -7.68. The normalized spacial score (nSPS) is 11.4. The number of para-hydroxylation sites is 2. The second kappa shape index (κ2) is 14.1. The SMILES string of the molecule is c1ccc(-c2ccc(N(c3ccccc3-c3cc4ccccc4c4ccccc34)c3ccc4oc5ccccc5c4c3-c3cccc(-c4ccccc4)c3)cc2)cc1. The molecule has 2 nitrogen and oxygen atoms in total. The minimum absolute atomic E-state index is 0.859. The Bertz CT molecular complexity index is 3270. The Labute approximate surface area is 337 Å². The highest BCUT2D eigenvalue weighted by Crippen LogP contribution is 2.50. The van der Waals surface area contributed by atoms with E-state index >= 15 is 0 Å². The number of benzene rings is 10. The van der Waals surface area contributed by atoms with Gasteiger partial charge in [-0.3, -0.25) is 0 Å². The van der Waals surface area contributed by atoms with Gasteiger partial charge < -0.3 is 9.32 Å². The summed E-state index contributed by atoms with van der Waals surface area (Å²) in [5.74, 6) is 0. The second-order valence-corrected chi connectivity index (χ2v) is 14.8. The number of anilines is 3. The lowest BCUT2D eigenvalue weighted by Gasteiger charge is -2.30. The Kier molecular flexibility index (Phi) is 8.19. The summed E-state index contributed by atoms with van der Waals surface area (Å²) in [5, 5.41) is 7.12. The predicted octanol–water partition coefficient (Wildman–Crippen LogP) is 16.0. The van der Waals surface area contributed by atoms with Gasteiger partial charge >= 0.3 is 0 Å². The van der Waals surface area contributed by atoms with E-state index in [1.807, 2.05) is 6.07 Å². The van der Waals surface area contributed by atoms with Gasteiger partial charge in [-0.15, -0.1) is 0 Å². The molecule has 10 aromatic carbocycles. The third kappa shape index (κ3) is 5.74. The predicted molar refractivity (Wildman–Crippen MR) is 245 cm³/mol. The summed E-state index contributed by atoms with van der Waals surface area (Å²) in [4.78, 5) is 2.46. The fraction of sp³-hybridized carbons (Fsp3) is 0. The van der Waals surface area contributed by atoms with Gasteiger partial charge in [-0.25, -0.2) is 0 Å². The van der Waals surface area contributed by atoms with Gasteiger partial charge in [0.05, 0.1) is 11.4 Å². The molecule has 0 fully saturated rings. The molecule has 0 bridgehead atoms. The van der Waals surface area contributed by atoms with E-state index < -0.39 is 0 Å². The number of rotatable bonds is 7. The molecule has 0 spiro atoms. The summed E-state index contributed by atoms with van der Waals surface area (Å²) >= 11 is 0. The number of hydrogen-bond acceptors (Lipinski definition) is 2. The summed E-state index contributed by atoms with van der Waals surface area (Å²) in [6, 6.07) is 80.8. The fourth-order valence-electron chi connectivity index (χ4n) is 8.78. The zero-order valence-corrected chi connectivity index (χ0v) is 31.7. The van der Waals surface area contributed by atoms with Gasteiger partial charge in [0.15, 0.2) is 0 Å². The lowest BCUT2D eigenvalue weighted by Crippen LogP contribution is -2.12. The van der Waals surface area contributed by atoms with Crippen molar-refractivity contribution in [3.05, 3.63) is 224 Å². The third-order valence-electron chi connectivity index (χ3n) is 11.5. The Morgan fingerprint density at radius 1 is 0.310 bits per heavy atom. The number of fused-ring (bicyclic) bond motifs is 6. The summed E-state index contributed by atoms with van der Waals surface area (Å²) in [6.45, 7) is 0. The van der Waals surface area contributed by atoms with E-state index in [-0.39, 0.29) is 0 Å². The molecule has 0 N–H and O–H groups in total. The van der Waals surface area contributed by atoms with Crippen molar-refractivity contribution in [1.29, 1.82) is 0 Å². The third-order valence-corrected chi connectivity index (χ3v) is 11.5. The highest BCUT2D eigenvalue weighted by atomic mass is 16.3. The van der Waals surface area contributed by atoms with Crippen LogP contribution in [0, 0.1) is 0 Å². The van der Waals surface area contributed by atoms with Crippen LogP contribution in [0.4, 0.5) is 17.1 Å². The number of furan rings is 1. The largest absolute Gasteiger partial charge is 0.456 e. The zero-order valence-electron chi connectivity index (χ0n) is 31.7. The van der Waals surface area contributed by atoms with Gasteiger partial charge in [0.1, 0.15) is 11.2 Å². The molecule has 0 aliphatic heterocycles. The first-order valence-electron chi connectivity index (χ1n) is 19.8. The van der Waals surface area contributed by atoms with Crippen LogP contribution < -0.4 is 4.90 Å². The van der Waals surface area contributed by atoms with Gasteiger partial charge in [0.2, 0.25) is 0 Å². The van der Waals surface area contributed by atoms with E-state index in [1.54, 1.807) is 0 Å². The maximum absolute atomic E-state index is 6.60. The summed E-state index contributed by atoms with van der Waals surface area (Å²) in [6.07, 6.45) is 0. The minimum Gasteiger partial charge on any atom is -0.456 e. The van der Waals surface area contributed by atoms with E-state index in [1.165, 1.54) is 43.8 Å². The molecule has 58 heavy (non-hydrogen) atoms. The zero-order chi connectivity index (χ0) is 38.4. The van der Waals surface area contributed by atoms with Crippen molar-refractivity contribution >= 4 is 60.5 Å². The average Bonchev–Trinajstić information content (AvgIpc) is 3.69. The quantitative estimate of drug-likeness (QED) is 0.151. The van der Waals surface area contributed by atoms with E-state index in [2.05, 4.69) is 223 Å². The molecule has 0 aliphatic carbocycles. The monoisotopic (exact) mass is 739 g/mol. The molecular formula is C56H37NO. The molecule has 0 unspecified atom stereocenters. The van der Waals surface area contributed by atoms with Crippen LogP contribution in [0.3, 0.4) is 0 Å². The van der Waals surface area contributed by atoms with E-state index in [9.17, 15) is 0 Å². The lowest BCUT2D eigenvalue weighted by atomic mass is 9.91. The molecule has 1 heterocycles. The Morgan fingerprint density at radius 3 is 1.69 bits per heavy atom. The van der Waals surface area contributed by atoms with Crippen LogP contribution in [0.5, 0.6) is 0 Å². The molecule has 0 saturated heterocycles. The smallest absolute Gasteiger partial charge is 0.136 e. The molecular weight excluding hydrogens is 703 g/mol. The molecule has 2 heteroatoms. The van der Waals surface area contributed by atoms with Gasteiger partial charge in [-0.2, -0.15) is 0 Å². The van der Waals surface area contributed by atoms with Gasteiger partial charge in [-0.05, 0) is 103 Å². The molecule has 0 radical (unpaired) electrons. The lowest BCUT2D eigenvalue weighted by molar-refractivity contribution is 0.669. The van der Waals surface area contributed by atoms with Gasteiger partial charge in [0.25, 0.3) is 0 Å². The second-order valence-electron chi connectivity index (χ2n) is 14.8. The molecule has 0 saturated carbocycles. The van der Waals surface area contributed by atoms with E-state index in [0.717, 1.165) is 61.3 Å². The first-order chi connectivity index (χ1) is 28.8. The van der Waals surface area contributed by atoms with Crippen molar-refractivity contribution in [3.63, 3.8) is 0 Å². The highest BCUT2D eigenvalue weighted by molar-refractivity contribution is 6.18. The van der Waals surface area contributed by atoms with Crippen LogP contribution in [0.25, 0.3) is 88.0 Å². The number of hydrogen-bond donors (Lipinski definition) is 0. The van der Waals surface area contributed by atoms with E-state index in [4.69, 9.17) is 4.42 Å². The highest BCUT2D eigenvalue weighted by Gasteiger charge is 2.25. The molecule has 0 amide bonds. The Morgan fingerprint density at radius 2 is 0.897 bits per heavy atom. The van der Waals surface area contributed by atoms with Crippen molar-refractivity contribution in [2.45, 2.75) is 0 Å². The first kappa shape index (κ1) is 33.6. The van der Waals surface area contributed by atoms with Crippen molar-refractivity contribution in [2.75, 3.05) is 4.90 Å². The van der Waals surface area contributed by atoms with Crippen LogP contribution in [-0.2, 0) is 0 Å². The van der Waals surface area contributed by atoms with Crippen molar-refractivity contribution in [1.82, 2.24) is 0 Å². The van der Waals surface area contributed by atoms with Gasteiger partial charge in [-0.1, -0.05) is 176 Å². The van der Waals surface area contributed by atoms with Crippen LogP contribution in [0.2, 0.25) is 0 Å². The molecule has 11 rings (SSSR count). The fourth-order valence-corrected chi connectivity index (χ4v) is 8.78. The first-order valence-corrected chi connectivity index (χ1v) is 19.8. The molecule has 0 atom stereocenters. The van der Waals surface area contributed by atoms with Crippen molar-refractivity contribution < 1.29 is 4.42 Å². The van der Waals surface area contributed by atoms with Crippen molar-refractivity contribution in [3.8, 4) is 44.5 Å².